The molecule has 128 valence electrons. The van der Waals surface area contributed by atoms with Crippen molar-refractivity contribution in [1.82, 2.24) is 0 Å². The Bertz CT molecular complexity index is 286. The fraction of sp³-hybridized carbons (Fsp3) is 1.00. The zero-order chi connectivity index (χ0) is 17.2. The van der Waals surface area contributed by atoms with E-state index in [9.17, 15) is 52.7 Å². The molecule has 0 saturated carbocycles. The molecule has 0 heterocycles. The summed E-state index contributed by atoms with van der Waals surface area (Å²) in [5.74, 6) is -11.6. The van der Waals surface area contributed by atoms with E-state index in [-0.39, 0.29) is 0 Å². The molecule has 0 bridgehead atoms. The molecule has 2 atom stereocenters. The smallest absolute Gasteiger partial charge is 0.338 e. The summed E-state index contributed by atoms with van der Waals surface area (Å²) in [5, 5.41) is 0. The molecule has 0 amide bonds. The number of hydrogen-bond donors (Lipinski definition) is 0. The molecule has 0 aromatic carbocycles. The summed E-state index contributed by atoms with van der Waals surface area (Å²) >= 11 is 0. The standard InChI is InChI=1S/C8H6F12O/c9-3(10)1(7(17,18)5(13)14)21-2(4(11)12)8(19,20)6(15)16/h1-6H/t1-,2-/m1/s1. The number of ether oxygens (including phenoxy) is 1. The molecule has 0 aromatic rings. The minimum absolute atomic E-state index is 2.87. The predicted octanol–water partition coefficient (Wildman–Crippen LogP) is 4.07. The third-order valence-electron chi connectivity index (χ3n) is 2.09. The van der Waals surface area contributed by atoms with Crippen LogP contribution < -0.4 is 0 Å². The molecular formula is C8H6F12O. The zero-order valence-electron chi connectivity index (χ0n) is 9.41. The van der Waals surface area contributed by atoms with Gasteiger partial charge < -0.3 is 4.74 Å². The van der Waals surface area contributed by atoms with E-state index in [0.717, 1.165) is 0 Å². The molecule has 0 rings (SSSR count). The van der Waals surface area contributed by atoms with Crippen molar-refractivity contribution >= 4 is 0 Å². The lowest BCUT2D eigenvalue weighted by Crippen LogP contribution is -2.55. The lowest BCUT2D eigenvalue weighted by molar-refractivity contribution is -0.307. The molecule has 0 aromatic heterocycles. The van der Waals surface area contributed by atoms with Crippen LogP contribution >= 0.6 is 0 Å². The van der Waals surface area contributed by atoms with E-state index >= 15 is 0 Å². The van der Waals surface area contributed by atoms with E-state index in [1.54, 1.807) is 0 Å². The van der Waals surface area contributed by atoms with Crippen LogP contribution in [0.25, 0.3) is 0 Å². The van der Waals surface area contributed by atoms with Gasteiger partial charge in [0.25, 0.3) is 12.9 Å². The second-order valence-electron chi connectivity index (χ2n) is 3.60. The first-order chi connectivity index (χ1) is 9.26. The monoisotopic (exact) mass is 346 g/mol. The van der Waals surface area contributed by atoms with Crippen LogP contribution in [0.1, 0.15) is 0 Å². The van der Waals surface area contributed by atoms with Crippen LogP contribution in [0.15, 0.2) is 0 Å². The first-order valence-electron chi connectivity index (χ1n) is 4.79. The molecule has 0 spiro atoms. The van der Waals surface area contributed by atoms with Gasteiger partial charge in [0.1, 0.15) is 0 Å². The quantitative estimate of drug-likeness (QED) is 0.602. The molecule has 0 unspecified atom stereocenters. The summed E-state index contributed by atoms with van der Waals surface area (Å²) in [6.45, 7) is 0. The second kappa shape index (κ2) is 6.92. The Hall–Kier alpha value is -0.880. The van der Waals surface area contributed by atoms with Crippen molar-refractivity contribution in [2.75, 3.05) is 0 Å². The molecular weight excluding hydrogens is 340 g/mol. The first-order valence-corrected chi connectivity index (χ1v) is 4.79. The summed E-state index contributed by atoms with van der Waals surface area (Å²) < 4.78 is 149. The Morgan fingerprint density at radius 1 is 0.524 bits per heavy atom. The van der Waals surface area contributed by atoms with Crippen LogP contribution in [0.3, 0.4) is 0 Å². The summed E-state index contributed by atoms with van der Waals surface area (Å²) in [7, 11) is 0. The molecule has 0 radical (unpaired) electrons. The topological polar surface area (TPSA) is 9.23 Å². The Morgan fingerprint density at radius 2 is 0.762 bits per heavy atom. The molecule has 0 N–H and O–H groups in total. The van der Waals surface area contributed by atoms with Crippen molar-refractivity contribution in [3.63, 3.8) is 0 Å². The zero-order valence-corrected chi connectivity index (χ0v) is 9.41. The molecule has 13 heteroatoms. The molecule has 0 fully saturated rings. The summed E-state index contributed by atoms with van der Waals surface area (Å²) in [5.41, 5.74) is 0. The van der Waals surface area contributed by atoms with Crippen molar-refractivity contribution in [2.24, 2.45) is 0 Å². The molecule has 0 aliphatic carbocycles. The van der Waals surface area contributed by atoms with Crippen molar-refractivity contribution in [2.45, 2.75) is 49.8 Å². The van der Waals surface area contributed by atoms with E-state index in [2.05, 4.69) is 4.74 Å². The number of halogens is 12. The number of rotatable bonds is 8. The summed E-state index contributed by atoms with van der Waals surface area (Å²) in [6, 6.07) is 0. The Balaban J connectivity index is 5.48. The minimum Gasteiger partial charge on any atom is -0.350 e. The van der Waals surface area contributed by atoms with E-state index in [4.69, 9.17) is 0 Å². The highest BCUT2D eigenvalue weighted by Gasteiger charge is 2.61. The maximum atomic E-state index is 12.6. The highest BCUT2D eigenvalue weighted by Crippen LogP contribution is 2.38. The minimum atomic E-state index is -5.81. The summed E-state index contributed by atoms with van der Waals surface area (Å²) in [4.78, 5) is 0. The van der Waals surface area contributed by atoms with Crippen LogP contribution in [0.2, 0.25) is 0 Å². The van der Waals surface area contributed by atoms with Gasteiger partial charge in [-0.25, -0.2) is 35.1 Å². The van der Waals surface area contributed by atoms with Gasteiger partial charge in [-0.2, -0.15) is 17.6 Å². The fourth-order valence-corrected chi connectivity index (χ4v) is 1.04. The third kappa shape index (κ3) is 4.54. The van der Waals surface area contributed by atoms with Gasteiger partial charge in [0.15, 0.2) is 12.2 Å². The lowest BCUT2D eigenvalue weighted by Gasteiger charge is -2.32. The Kier molecular flexibility index (Phi) is 6.63. The SMILES string of the molecule is FC(F)[C@@H](O[C@H](C(F)F)C(F)(F)C(F)F)C(F)(F)C(F)F. The second-order valence-corrected chi connectivity index (χ2v) is 3.60. The van der Waals surface area contributed by atoms with E-state index in [1.807, 2.05) is 0 Å². The average Bonchev–Trinajstić information content (AvgIpc) is 2.26. The molecule has 21 heavy (non-hydrogen) atoms. The third-order valence-corrected chi connectivity index (χ3v) is 2.09. The maximum absolute atomic E-state index is 12.6. The van der Waals surface area contributed by atoms with Gasteiger partial charge in [0.2, 0.25) is 0 Å². The van der Waals surface area contributed by atoms with Crippen molar-refractivity contribution in [1.29, 1.82) is 0 Å². The van der Waals surface area contributed by atoms with E-state index in [0.29, 0.717) is 0 Å². The number of hydrogen-bond acceptors (Lipinski definition) is 1. The van der Waals surface area contributed by atoms with Crippen molar-refractivity contribution in [3.8, 4) is 0 Å². The molecule has 1 nitrogen and oxygen atoms in total. The van der Waals surface area contributed by atoms with Gasteiger partial charge in [-0.3, -0.25) is 0 Å². The lowest BCUT2D eigenvalue weighted by atomic mass is 10.1. The largest absolute Gasteiger partial charge is 0.350 e. The maximum Gasteiger partial charge on any atom is 0.338 e. The van der Waals surface area contributed by atoms with Crippen LogP contribution in [0.4, 0.5) is 52.7 Å². The van der Waals surface area contributed by atoms with Crippen LogP contribution in [0.5, 0.6) is 0 Å². The molecule has 0 aliphatic heterocycles. The van der Waals surface area contributed by atoms with Gasteiger partial charge in [-0.15, -0.1) is 0 Å². The fourth-order valence-electron chi connectivity index (χ4n) is 1.04. The normalized spacial score (nSPS) is 17.1. The van der Waals surface area contributed by atoms with Gasteiger partial charge in [0.05, 0.1) is 0 Å². The van der Waals surface area contributed by atoms with Gasteiger partial charge >= 0.3 is 24.7 Å². The summed E-state index contributed by atoms with van der Waals surface area (Å²) in [6.07, 6.45) is -27.8. The molecule has 0 aliphatic rings. The van der Waals surface area contributed by atoms with Crippen LogP contribution in [-0.2, 0) is 4.74 Å². The van der Waals surface area contributed by atoms with Crippen LogP contribution in [-0.4, -0.2) is 49.8 Å². The van der Waals surface area contributed by atoms with Gasteiger partial charge in [-0.05, 0) is 0 Å². The molecule has 0 saturated heterocycles. The highest BCUT2D eigenvalue weighted by atomic mass is 19.3. The average molecular weight is 346 g/mol. The van der Waals surface area contributed by atoms with Gasteiger partial charge in [-0.1, -0.05) is 0 Å². The van der Waals surface area contributed by atoms with E-state index < -0.39 is 49.8 Å². The van der Waals surface area contributed by atoms with Crippen molar-refractivity contribution < 1.29 is 57.4 Å². The highest BCUT2D eigenvalue weighted by molar-refractivity contribution is 4.89. The van der Waals surface area contributed by atoms with E-state index in [1.165, 1.54) is 0 Å². The number of alkyl halides is 12. The first kappa shape index (κ1) is 20.1. The predicted molar refractivity (Wildman–Crippen MR) is 42.6 cm³/mol. The van der Waals surface area contributed by atoms with Crippen LogP contribution in [0, 0.1) is 0 Å². The van der Waals surface area contributed by atoms with Gasteiger partial charge in [0, 0.05) is 0 Å². The Morgan fingerprint density at radius 3 is 0.905 bits per heavy atom. The van der Waals surface area contributed by atoms with Crippen molar-refractivity contribution in [3.05, 3.63) is 0 Å². The Labute approximate surface area is 108 Å².